The molecular weight excluding hydrogens is 795 g/mol. The molecule has 7 nitrogen and oxygen atoms in total. The molecule has 9 aromatic rings. The van der Waals surface area contributed by atoms with Crippen molar-refractivity contribution in [1.29, 1.82) is 0 Å². The summed E-state index contributed by atoms with van der Waals surface area (Å²) in [6.07, 6.45) is 3.96. The molecule has 2 aliphatic heterocycles. The molecule has 0 atom stereocenters. The number of hydrogen-bond donors (Lipinski definition) is 0. The van der Waals surface area contributed by atoms with Crippen molar-refractivity contribution in [1.82, 2.24) is 14.5 Å². The fourth-order valence-electron chi connectivity index (χ4n) is 9.81. The van der Waals surface area contributed by atoms with E-state index >= 15 is 0 Å². The Labute approximate surface area is 381 Å². The van der Waals surface area contributed by atoms with Gasteiger partial charge in [0, 0.05) is 67.9 Å². The van der Waals surface area contributed by atoms with Crippen molar-refractivity contribution in [2.75, 3.05) is 9.80 Å². The van der Waals surface area contributed by atoms with Gasteiger partial charge in [0.05, 0.1) is 44.6 Å². The van der Waals surface area contributed by atoms with Gasteiger partial charge in [-0.2, -0.15) is 0 Å². The van der Waals surface area contributed by atoms with E-state index in [1.165, 1.54) is 21.7 Å². The summed E-state index contributed by atoms with van der Waals surface area (Å²) in [5.41, 5.74) is 10.6. The molecule has 2 aliphatic rings. The molecule has 0 saturated heterocycles. The molecule has 3 aromatic heterocycles. The molecule has 0 fully saturated rings. The third-order valence-electron chi connectivity index (χ3n) is 14.7. The number of pyridine rings is 2. The van der Waals surface area contributed by atoms with Crippen LogP contribution in [-0.2, 0) is 0 Å². The minimum atomic E-state index is -0.298. The van der Waals surface area contributed by atoms with Crippen LogP contribution in [0.15, 0.2) is 186 Å². The molecule has 6 aromatic carbocycles. The van der Waals surface area contributed by atoms with E-state index in [4.69, 9.17) is 20.0 Å². The van der Waals surface area contributed by atoms with Crippen LogP contribution in [0.3, 0.4) is 0 Å². The average Bonchev–Trinajstić information content (AvgIpc) is 3.83. The lowest BCUT2D eigenvalue weighted by Crippen LogP contribution is -2.53. The summed E-state index contributed by atoms with van der Waals surface area (Å²) in [5, 5.41) is 4.74. The van der Waals surface area contributed by atoms with E-state index in [1.54, 1.807) is 0 Å². The largest absolute Gasteiger partial charge is 0.318 e. The zero-order valence-electron chi connectivity index (χ0n) is 38.4. The zero-order valence-corrected chi connectivity index (χ0v) is 38.4. The molecule has 7 heteroatoms. The summed E-state index contributed by atoms with van der Waals surface area (Å²) in [4.78, 5) is 25.4. The first kappa shape index (κ1) is 40.4. The van der Waals surface area contributed by atoms with Crippen LogP contribution < -0.4 is 9.80 Å². The molecule has 11 rings (SSSR count). The third kappa shape index (κ3) is 6.31. The highest BCUT2D eigenvalue weighted by molar-refractivity contribution is 6.19. The van der Waals surface area contributed by atoms with Crippen molar-refractivity contribution in [2.45, 2.75) is 77.5 Å². The predicted molar refractivity (Wildman–Crippen MR) is 272 cm³/mol. The van der Waals surface area contributed by atoms with Gasteiger partial charge in [-0.05, 0) is 134 Å². The standard InChI is InChI=1S/C58H53N7/c1-55(2)57(5,6)64(44-20-14-10-15-21-44)53(61-55)41-27-32-49(59-36-41)39-25-29-46-38(34-39)24-31-48-47-30-26-40(35-51(47)63(52(46)48)43-18-12-9-13-19-43)50-33-28-42(37-60-50)54-62-56(3,4)58(7,8)65(54)45-22-16-11-17-23-45/h9-37H,1-8H3. The van der Waals surface area contributed by atoms with Crippen molar-refractivity contribution in [2.24, 2.45) is 9.98 Å². The van der Waals surface area contributed by atoms with E-state index in [-0.39, 0.29) is 22.2 Å². The van der Waals surface area contributed by atoms with Gasteiger partial charge in [0.2, 0.25) is 0 Å². The van der Waals surface area contributed by atoms with Crippen LogP contribution in [-0.4, -0.2) is 48.4 Å². The van der Waals surface area contributed by atoms with Crippen LogP contribution in [0.2, 0.25) is 0 Å². The summed E-state index contributed by atoms with van der Waals surface area (Å²) >= 11 is 0. The lowest BCUT2D eigenvalue weighted by molar-refractivity contribution is 0.338. The maximum absolute atomic E-state index is 5.29. The number of amidine groups is 2. The van der Waals surface area contributed by atoms with E-state index in [2.05, 4.69) is 234 Å². The number of para-hydroxylation sites is 3. The van der Waals surface area contributed by atoms with Crippen LogP contribution in [0.4, 0.5) is 11.4 Å². The van der Waals surface area contributed by atoms with Crippen molar-refractivity contribution in [3.05, 3.63) is 187 Å². The van der Waals surface area contributed by atoms with E-state index < -0.39 is 0 Å². The van der Waals surface area contributed by atoms with Crippen LogP contribution in [0, 0.1) is 0 Å². The molecular formula is C58H53N7. The normalized spacial score (nSPS) is 17.2. The monoisotopic (exact) mass is 847 g/mol. The maximum atomic E-state index is 5.29. The van der Waals surface area contributed by atoms with Crippen LogP contribution >= 0.6 is 0 Å². The van der Waals surface area contributed by atoms with Crippen LogP contribution in [0.1, 0.15) is 66.5 Å². The summed E-state index contributed by atoms with van der Waals surface area (Å²) in [6.45, 7) is 17.9. The molecule has 0 amide bonds. The number of anilines is 2. The average molecular weight is 848 g/mol. The fraction of sp³-hybridized carbons (Fsp3) is 0.207. The summed E-state index contributed by atoms with van der Waals surface area (Å²) in [7, 11) is 0. The van der Waals surface area contributed by atoms with Gasteiger partial charge >= 0.3 is 0 Å². The number of nitrogens with zero attached hydrogens (tertiary/aromatic N) is 7. The number of fused-ring (bicyclic) bond motifs is 5. The van der Waals surface area contributed by atoms with Crippen LogP contribution in [0.5, 0.6) is 0 Å². The highest BCUT2D eigenvalue weighted by atomic mass is 15.3. The number of aromatic nitrogens is 3. The first-order valence-electron chi connectivity index (χ1n) is 22.6. The maximum Gasteiger partial charge on any atom is 0.138 e. The Kier molecular flexibility index (Phi) is 9.06. The number of aliphatic imine (C=N–C) groups is 2. The Bertz CT molecular complexity index is 3340. The van der Waals surface area contributed by atoms with E-state index in [1.807, 2.05) is 12.4 Å². The smallest absolute Gasteiger partial charge is 0.138 e. The SMILES string of the molecule is CC1(C)N=C(c2ccc(-c3ccc4c(ccc5c6ccc(-c7ccc(C8=NC(C)(C)C(C)(C)N8c8ccccc8)cn7)cc6n(-c6ccccc6)c45)c3)nc2)N(c2ccccc2)C1(C)C. The van der Waals surface area contributed by atoms with E-state index in [0.29, 0.717) is 0 Å². The van der Waals surface area contributed by atoms with Crippen molar-refractivity contribution < 1.29 is 0 Å². The number of rotatable bonds is 7. The predicted octanol–water partition coefficient (Wildman–Crippen LogP) is 13.7. The molecule has 65 heavy (non-hydrogen) atoms. The second-order valence-corrected chi connectivity index (χ2v) is 19.6. The van der Waals surface area contributed by atoms with E-state index in [9.17, 15) is 0 Å². The Morgan fingerprint density at radius 2 is 0.815 bits per heavy atom. The zero-order chi connectivity index (χ0) is 44.9. The van der Waals surface area contributed by atoms with Gasteiger partial charge in [-0.1, -0.05) is 91.0 Å². The molecule has 0 aliphatic carbocycles. The quantitative estimate of drug-likeness (QED) is 0.160. The Hall–Kier alpha value is -7.38. The lowest BCUT2D eigenvalue weighted by Gasteiger charge is -2.41. The van der Waals surface area contributed by atoms with Crippen LogP contribution in [0.25, 0.3) is 60.8 Å². The minimum Gasteiger partial charge on any atom is -0.318 e. The number of hydrogen-bond acceptors (Lipinski definition) is 6. The molecule has 0 unspecified atom stereocenters. The fourth-order valence-corrected chi connectivity index (χ4v) is 9.81. The van der Waals surface area contributed by atoms with Crippen molar-refractivity contribution >= 4 is 55.6 Å². The first-order valence-corrected chi connectivity index (χ1v) is 22.6. The molecule has 0 saturated carbocycles. The number of benzene rings is 6. The highest BCUT2D eigenvalue weighted by Crippen LogP contribution is 2.45. The van der Waals surface area contributed by atoms with Gasteiger partial charge in [-0.25, -0.2) is 0 Å². The van der Waals surface area contributed by atoms with Crippen molar-refractivity contribution in [3.8, 4) is 28.2 Å². The molecule has 0 bridgehead atoms. The van der Waals surface area contributed by atoms with Gasteiger partial charge in [0.25, 0.3) is 0 Å². The summed E-state index contributed by atoms with van der Waals surface area (Å²) in [5.74, 6) is 1.88. The van der Waals surface area contributed by atoms with Crippen molar-refractivity contribution in [3.63, 3.8) is 0 Å². The Morgan fingerprint density at radius 3 is 1.29 bits per heavy atom. The second-order valence-electron chi connectivity index (χ2n) is 19.6. The summed E-state index contributed by atoms with van der Waals surface area (Å²) in [6, 6.07) is 58.4. The van der Waals surface area contributed by atoms with Gasteiger partial charge in [-0.3, -0.25) is 20.0 Å². The lowest BCUT2D eigenvalue weighted by atomic mass is 9.83. The molecule has 0 N–H and O–H groups in total. The molecule has 0 spiro atoms. The highest BCUT2D eigenvalue weighted by Gasteiger charge is 2.51. The molecule has 5 heterocycles. The topological polar surface area (TPSA) is 61.9 Å². The minimum absolute atomic E-state index is 0.231. The Morgan fingerprint density at radius 1 is 0.385 bits per heavy atom. The van der Waals surface area contributed by atoms with E-state index in [0.717, 1.165) is 73.3 Å². The first-order chi connectivity index (χ1) is 31.2. The molecule has 0 radical (unpaired) electrons. The Balaban J connectivity index is 0.964. The van der Waals surface area contributed by atoms with Gasteiger partial charge in [-0.15, -0.1) is 0 Å². The molecule has 320 valence electrons. The third-order valence-corrected chi connectivity index (χ3v) is 14.7. The van der Waals surface area contributed by atoms with Gasteiger partial charge in [0.1, 0.15) is 11.7 Å². The van der Waals surface area contributed by atoms with Gasteiger partial charge in [0.15, 0.2) is 0 Å². The second kappa shape index (κ2) is 14.6. The van der Waals surface area contributed by atoms with Gasteiger partial charge < -0.3 is 14.4 Å². The summed E-state index contributed by atoms with van der Waals surface area (Å²) < 4.78 is 2.41.